The molecule has 7 nitrogen and oxygen atoms in total. The lowest BCUT2D eigenvalue weighted by Gasteiger charge is -2.41. The average molecular weight is 463 g/mol. The van der Waals surface area contributed by atoms with Crippen molar-refractivity contribution in [3.63, 3.8) is 0 Å². The molecule has 1 saturated carbocycles. The number of carbonyl (C=O) groups excluding carboxylic acids is 2. The molecule has 1 aliphatic carbocycles. The standard InChI is InChI=1S/C27H34N4O3/c1-34-17-24-20-15-16-31(25(20)19-11-5-7-13-22(19)29-24)26(32)21-12-6-8-14-23(21)30-27(33)28-18-9-3-2-4-10-18/h2-5,7,9-11,13,20-21,23-25,29H,6,8,12,14-17H2,1H3,(H2,28,30,33)/t20-,21+,23-,24+,25+/m1/s1. The van der Waals surface area contributed by atoms with Crippen LogP contribution in [0, 0.1) is 11.8 Å². The number of carbonyl (C=O) groups is 2. The van der Waals surface area contributed by atoms with Crippen LogP contribution in [-0.4, -0.2) is 49.2 Å². The quantitative estimate of drug-likeness (QED) is 0.615. The minimum atomic E-state index is -0.248. The van der Waals surface area contributed by atoms with Crippen LogP contribution in [0.25, 0.3) is 0 Å². The highest BCUT2D eigenvalue weighted by atomic mass is 16.5. The van der Waals surface area contributed by atoms with Gasteiger partial charge in [-0.3, -0.25) is 4.79 Å². The molecule has 34 heavy (non-hydrogen) atoms. The molecule has 0 unspecified atom stereocenters. The van der Waals surface area contributed by atoms with Crippen LogP contribution in [0.3, 0.4) is 0 Å². The molecule has 2 aliphatic heterocycles. The van der Waals surface area contributed by atoms with E-state index in [9.17, 15) is 9.59 Å². The number of urea groups is 1. The predicted octanol–water partition coefficient (Wildman–Crippen LogP) is 4.40. The van der Waals surface area contributed by atoms with Crippen molar-refractivity contribution in [2.24, 2.45) is 11.8 Å². The zero-order chi connectivity index (χ0) is 23.5. The van der Waals surface area contributed by atoms with Crippen molar-refractivity contribution in [3.8, 4) is 0 Å². The van der Waals surface area contributed by atoms with E-state index in [4.69, 9.17) is 4.74 Å². The van der Waals surface area contributed by atoms with Crippen LogP contribution in [0.5, 0.6) is 0 Å². The van der Waals surface area contributed by atoms with E-state index in [0.717, 1.165) is 50.0 Å². The Balaban J connectivity index is 1.34. The van der Waals surface area contributed by atoms with Crippen molar-refractivity contribution in [1.82, 2.24) is 10.2 Å². The predicted molar refractivity (Wildman–Crippen MR) is 133 cm³/mol. The monoisotopic (exact) mass is 462 g/mol. The van der Waals surface area contributed by atoms with Crippen LogP contribution in [-0.2, 0) is 9.53 Å². The first kappa shape index (κ1) is 22.7. The zero-order valence-electron chi connectivity index (χ0n) is 19.7. The normalized spacial score (nSPS) is 27.8. The van der Waals surface area contributed by atoms with E-state index in [0.29, 0.717) is 12.5 Å². The maximum Gasteiger partial charge on any atom is 0.319 e. The third-order valence-corrected chi connectivity index (χ3v) is 7.64. The number of nitrogens with one attached hydrogen (secondary N) is 3. The minimum Gasteiger partial charge on any atom is -0.383 e. The molecule has 3 aliphatic rings. The van der Waals surface area contributed by atoms with E-state index in [-0.39, 0.29) is 36.0 Å². The number of hydrogen-bond acceptors (Lipinski definition) is 4. The molecule has 3 amide bonds. The Labute approximate surface area is 201 Å². The first-order chi connectivity index (χ1) is 16.7. The first-order valence-electron chi connectivity index (χ1n) is 12.4. The van der Waals surface area contributed by atoms with Crippen molar-refractivity contribution in [2.45, 2.75) is 50.2 Å². The Hall–Kier alpha value is -3.06. The number of fused-ring (bicyclic) bond motifs is 3. The van der Waals surface area contributed by atoms with Crippen LogP contribution in [0.2, 0.25) is 0 Å². The Bertz CT molecular complexity index is 1010. The molecule has 0 radical (unpaired) electrons. The van der Waals surface area contributed by atoms with Gasteiger partial charge in [0.25, 0.3) is 0 Å². The molecule has 2 fully saturated rings. The molecule has 0 aromatic heterocycles. The molecule has 3 N–H and O–H groups in total. The summed E-state index contributed by atoms with van der Waals surface area (Å²) in [5.41, 5.74) is 3.02. The van der Waals surface area contributed by atoms with Gasteiger partial charge in [-0.15, -0.1) is 0 Å². The molecule has 5 rings (SSSR count). The number of amides is 3. The first-order valence-corrected chi connectivity index (χ1v) is 12.4. The van der Waals surface area contributed by atoms with Gasteiger partial charge in [0.2, 0.25) is 5.91 Å². The fraction of sp³-hybridized carbons (Fsp3) is 0.481. The van der Waals surface area contributed by atoms with Crippen molar-refractivity contribution in [3.05, 3.63) is 60.2 Å². The third-order valence-electron chi connectivity index (χ3n) is 7.64. The van der Waals surface area contributed by atoms with Crippen LogP contribution < -0.4 is 16.0 Å². The molecule has 1 saturated heterocycles. The van der Waals surface area contributed by atoms with E-state index in [1.54, 1.807) is 7.11 Å². The van der Waals surface area contributed by atoms with Crippen molar-refractivity contribution in [2.75, 3.05) is 30.9 Å². The Morgan fingerprint density at radius 2 is 1.79 bits per heavy atom. The van der Waals surface area contributed by atoms with E-state index in [2.05, 4.69) is 33.0 Å². The molecule has 5 atom stereocenters. The number of anilines is 2. The topological polar surface area (TPSA) is 82.7 Å². The molecular formula is C27H34N4O3. The Morgan fingerprint density at radius 1 is 1.03 bits per heavy atom. The summed E-state index contributed by atoms with van der Waals surface area (Å²) in [5.74, 6) is 0.289. The summed E-state index contributed by atoms with van der Waals surface area (Å²) in [6, 6.07) is 17.5. The summed E-state index contributed by atoms with van der Waals surface area (Å²) in [7, 11) is 1.73. The lowest BCUT2D eigenvalue weighted by molar-refractivity contribution is -0.138. The second-order valence-corrected chi connectivity index (χ2v) is 9.68. The zero-order valence-corrected chi connectivity index (χ0v) is 19.7. The van der Waals surface area contributed by atoms with Gasteiger partial charge in [-0.25, -0.2) is 4.79 Å². The van der Waals surface area contributed by atoms with Crippen LogP contribution in [0.1, 0.15) is 43.7 Å². The Morgan fingerprint density at radius 3 is 2.62 bits per heavy atom. The Kier molecular flexibility index (Phi) is 6.72. The molecule has 180 valence electrons. The summed E-state index contributed by atoms with van der Waals surface area (Å²) in [5, 5.41) is 9.65. The van der Waals surface area contributed by atoms with Gasteiger partial charge < -0.3 is 25.6 Å². The van der Waals surface area contributed by atoms with E-state index >= 15 is 0 Å². The molecule has 2 aromatic carbocycles. The van der Waals surface area contributed by atoms with E-state index in [1.165, 1.54) is 5.56 Å². The van der Waals surface area contributed by atoms with Crippen LogP contribution in [0.4, 0.5) is 16.2 Å². The van der Waals surface area contributed by atoms with Gasteiger partial charge >= 0.3 is 6.03 Å². The van der Waals surface area contributed by atoms with Gasteiger partial charge in [-0.1, -0.05) is 49.2 Å². The molecule has 0 spiro atoms. The number of nitrogens with zero attached hydrogens (tertiary/aromatic N) is 1. The molecule has 0 bridgehead atoms. The highest BCUT2D eigenvalue weighted by Crippen LogP contribution is 2.47. The van der Waals surface area contributed by atoms with E-state index in [1.807, 2.05) is 42.5 Å². The van der Waals surface area contributed by atoms with Crippen molar-refractivity contribution in [1.29, 1.82) is 0 Å². The lowest BCUT2D eigenvalue weighted by atomic mass is 9.81. The summed E-state index contributed by atoms with van der Waals surface area (Å²) in [6.45, 7) is 1.36. The number of likely N-dealkylation sites (tertiary alicyclic amines) is 1. The van der Waals surface area contributed by atoms with Gasteiger partial charge in [0.05, 0.1) is 24.6 Å². The third kappa shape index (κ3) is 4.49. The lowest BCUT2D eigenvalue weighted by Crippen LogP contribution is -2.51. The van der Waals surface area contributed by atoms with Crippen molar-refractivity contribution < 1.29 is 14.3 Å². The number of rotatable bonds is 5. The highest BCUT2D eigenvalue weighted by Gasteiger charge is 2.48. The second kappa shape index (κ2) is 10.1. The molecule has 2 aromatic rings. The average Bonchev–Trinajstić information content (AvgIpc) is 3.31. The number of ether oxygens (including phenoxy) is 1. The molecular weight excluding hydrogens is 428 g/mol. The number of hydrogen-bond donors (Lipinski definition) is 3. The maximum atomic E-state index is 14.0. The largest absolute Gasteiger partial charge is 0.383 e. The smallest absolute Gasteiger partial charge is 0.319 e. The van der Waals surface area contributed by atoms with E-state index < -0.39 is 0 Å². The van der Waals surface area contributed by atoms with Gasteiger partial charge in [0.15, 0.2) is 0 Å². The van der Waals surface area contributed by atoms with Gasteiger partial charge in [-0.05, 0) is 43.0 Å². The fourth-order valence-electron chi connectivity index (χ4n) is 6.09. The van der Waals surface area contributed by atoms with Gasteiger partial charge in [0.1, 0.15) is 0 Å². The summed E-state index contributed by atoms with van der Waals surface area (Å²) in [4.78, 5) is 28.8. The second-order valence-electron chi connectivity index (χ2n) is 9.68. The van der Waals surface area contributed by atoms with Crippen LogP contribution in [0.15, 0.2) is 54.6 Å². The molecule has 2 heterocycles. The maximum absolute atomic E-state index is 14.0. The van der Waals surface area contributed by atoms with Gasteiger partial charge in [0, 0.05) is 37.0 Å². The summed E-state index contributed by atoms with van der Waals surface area (Å²) >= 11 is 0. The minimum absolute atomic E-state index is 0.0471. The van der Waals surface area contributed by atoms with Crippen molar-refractivity contribution >= 4 is 23.3 Å². The molecule has 7 heteroatoms. The highest BCUT2D eigenvalue weighted by molar-refractivity contribution is 5.90. The fourth-order valence-corrected chi connectivity index (χ4v) is 6.09. The number of methoxy groups -OCH3 is 1. The SMILES string of the molecule is COC[C@@H]1Nc2ccccc2[C@H]2[C@@H]1CCN2C(=O)[C@H]1CCCC[C@H]1NC(=O)Nc1ccccc1. The summed E-state index contributed by atoms with van der Waals surface area (Å²) < 4.78 is 5.51. The van der Waals surface area contributed by atoms with Gasteiger partial charge in [-0.2, -0.15) is 0 Å². The van der Waals surface area contributed by atoms with Crippen LogP contribution >= 0.6 is 0 Å². The summed E-state index contributed by atoms with van der Waals surface area (Å²) in [6.07, 6.45) is 4.62. The number of para-hydroxylation sites is 2. The number of benzene rings is 2.